The predicted molar refractivity (Wildman–Crippen MR) is 105 cm³/mol. The molecule has 0 radical (unpaired) electrons. The van der Waals surface area contributed by atoms with E-state index in [1.165, 1.54) is 0 Å². The van der Waals surface area contributed by atoms with Crippen LogP contribution >= 0.6 is 22.6 Å². The van der Waals surface area contributed by atoms with E-state index in [1.54, 1.807) is 0 Å². The van der Waals surface area contributed by atoms with Crippen molar-refractivity contribution >= 4 is 34.2 Å². The lowest BCUT2D eigenvalue weighted by molar-refractivity contribution is -0.116. The largest absolute Gasteiger partial charge is 0.490 e. The Kier molecular flexibility index (Phi) is 7.36. The van der Waals surface area contributed by atoms with Gasteiger partial charge in [-0.3, -0.25) is 4.79 Å². The minimum Gasteiger partial charge on any atom is -0.490 e. The first-order valence-corrected chi connectivity index (χ1v) is 9.14. The Morgan fingerprint density at radius 3 is 2.33 bits per heavy atom. The van der Waals surface area contributed by atoms with Crippen molar-refractivity contribution in [2.24, 2.45) is 0 Å². The molecule has 0 aromatic heterocycles. The van der Waals surface area contributed by atoms with Gasteiger partial charge in [-0.2, -0.15) is 0 Å². The van der Waals surface area contributed by atoms with E-state index in [-0.39, 0.29) is 5.91 Å². The van der Waals surface area contributed by atoms with Gasteiger partial charge in [-0.15, -0.1) is 0 Å². The molecule has 4 nitrogen and oxygen atoms in total. The van der Waals surface area contributed by atoms with Crippen LogP contribution in [0.2, 0.25) is 0 Å². The summed E-state index contributed by atoms with van der Waals surface area (Å²) in [6.07, 6.45) is 1.08. The molecule has 0 unspecified atom stereocenters. The van der Waals surface area contributed by atoms with Gasteiger partial charge >= 0.3 is 0 Å². The van der Waals surface area contributed by atoms with E-state index in [0.717, 1.165) is 26.3 Å². The number of rotatable bonds is 8. The quantitative estimate of drug-likeness (QED) is 0.609. The van der Waals surface area contributed by atoms with E-state index < -0.39 is 0 Å². The van der Waals surface area contributed by atoms with Crippen molar-refractivity contribution < 1.29 is 14.3 Å². The van der Waals surface area contributed by atoms with Crippen LogP contribution in [-0.2, 0) is 11.2 Å². The summed E-state index contributed by atoms with van der Waals surface area (Å²) in [5.41, 5.74) is 1.88. The first-order valence-electron chi connectivity index (χ1n) is 8.06. The zero-order chi connectivity index (χ0) is 17.4. The zero-order valence-electron chi connectivity index (χ0n) is 14.0. The third-order valence-corrected chi connectivity index (χ3v) is 4.10. The van der Waals surface area contributed by atoms with E-state index in [9.17, 15) is 4.79 Å². The van der Waals surface area contributed by atoms with Gasteiger partial charge in [0.05, 0.1) is 13.2 Å². The standard InChI is InChI=1S/C19H22INO3/c1-3-23-17-11-5-14(13-18(17)24-4-2)6-12-19(22)21-16-9-7-15(20)8-10-16/h5,7-11,13H,3-4,6,12H2,1-2H3,(H,21,22). The van der Waals surface area contributed by atoms with Crippen molar-refractivity contribution in [2.45, 2.75) is 26.7 Å². The third kappa shape index (κ3) is 5.70. The molecule has 5 heteroatoms. The maximum absolute atomic E-state index is 12.1. The predicted octanol–water partition coefficient (Wildman–Crippen LogP) is 4.66. The minimum atomic E-state index is 0.00283. The summed E-state index contributed by atoms with van der Waals surface area (Å²) in [6, 6.07) is 13.6. The highest BCUT2D eigenvalue weighted by molar-refractivity contribution is 14.1. The fraction of sp³-hybridized carbons (Fsp3) is 0.316. The first kappa shape index (κ1) is 18.6. The van der Waals surface area contributed by atoms with Crippen LogP contribution in [0, 0.1) is 3.57 Å². The van der Waals surface area contributed by atoms with Gasteiger partial charge in [0.15, 0.2) is 11.5 Å². The maximum Gasteiger partial charge on any atom is 0.224 e. The Balaban J connectivity index is 1.94. The first-order chi connectivity index (χ1) is 11.6. The van der Waals surface area contributed by atoms with Crippen molar-refractivity contribution in [3.8, 4) is 11.5 Å². The van der Waals surface area contributed by atoms with Gasteiger partial charge in [0, 0.05) is 15.7 Å². The van der Waals surface area contributed by atoms with Crippen LogP contribution < -0.4 is 14.8 Å². The van der Waals surface area contributed by atoms with Crippen molar-refractivity contribution in [2.75, 3.05) is 18.5 Å². The Labute approximate surface area is 156 Å². The second kappa shape index (κ2) is 9.52. The van der Waals surface area contributed by atoms with Gasteiger partial charge in [-0.05, 0) is 84.8 Å². The number of anilines is 1. The van der Waals surface area contributed by atoms with E-state index in [4.69, 9.17) is 9.47 Å². The summed E-state index contributed by atoms with van der Waals surface area (Å²) in [7, 11) is 0. The summed E-state index contributed by atoms with van der Waals surface area (Å²) in [6.45, 7) is 5.06. The monoisotopic (exact) mass is 439 g/mol. The number of carbonyl (C=O) groups is 1. The smallest absolute Gasteiger partial charge is 0.224 e. The Morgan fingerprint density at radius 2 is 1.67 bits per heavy atom. The summed E-state index contributed by atoms with van der Waals surface area (Å²) in [4.78, 5) is 12.1. The van der Waals surface area contributed by atoms with Crippen molar-refractivity contribution in [3.63, 3.8) is 0 Å². The Hall–Kier alpha value is -1.76. The van der Waals surface area contributed by atoms with Gasteiger partial charge < -0.3 is 14.8 Å². The summed E-state index contributed by atoms with van der Waals surface area (Å²) in [5.74, 6) is 1.48. The molecular weight excluding hydrogens is 417 g/mol. The average molecular weight is 439 g/mol. The van der Waals surface area contributed by atoms with Gasteiger partial charge in [-0.25, -0.2) is 0 Å². The Bertz CT molecular complexity index is 671. The molecule has 0 aliphatic heterocycles. The van der Waals surface area contributed by atoms with Crippen molar-refractivity contribution in [1.29, 1.82) is 0 Å². The second-order valence-corrected chi connectivity index (χ2v) is 6.45. The lowest BCUT2D eigenvalue weighted by Crippen LogP contribution is -2.12. The van der Waals surface area contributed by atoms with E-state index >= 15 is 0 Å². The number of nitrogens with one attached hydrogen (secondary N) is 1. The number of halogens is 1. The highest BCUT2D eigenvalue weighted by Gasteiger charge is 2.08. The summed E-state index contributed by atoms with van der Waals surface area (Å²) in [5, 5.41) is 2.91. The number of aryl methyl sites for hydroxylation is 1. The number of benzene rings is 2. The van der Waals surface area contributed by atoms with Crippen LogP contribution in [0.3, 0.4) is 0 Å². The molecule has 0 fully saturated rings. The molecule has 0 heterocycles. The molecule has 0 saturated carbocycles. The lowest BCUT2D eigenvalue weighted by atomic mass is 10.1. The molecular formula is C19H22INO3. The fourth-order valence-corrected chi connectivity index (χ4v) is 2.63. The van der Waals surface area contributed by atoms with Crippen molar-refractivity contribution in [1.82, 2.24) is 0 Å². The number of hydrogen-bond donors (Lipinski definition) is 1. The van der Waals surface area contributed by atoms with Gasteiger partial charge in [0.1, 0.15) is 0 Å². The summed E-state index contributed by atoms with van der Waals surface area (Å²) < 4.78 is 12.3. The molecule has 128 valence electrons. The number of ether oxygens (including phenoxy) is 2. The molecule has 2 aromatic carbocycles. The molecule has 1 amide bonds. The molecule has 0 bridgehead atoms. The summed E-state index contributed by atoms with van der Waals surface area (Å²) >= 11 is 2.24. The number of carbonyl (C=O) groups excluding carboxylic acids is 1. The molecule has 2 rings (SSSR count). The molecule has 0 saturated heterocycles. The Morgan fingerprint density at radius 1 is 1.00 bits per heavy atom. The van der Waals surface area contributed by atoms with Crippen molar-refractivity contribution in [3.05, 3.63) is 51.6 Å². The topological polar surface area (TPSA) is 47.6 Å². The van der Waals surface area contributed by atoms with Crippen LogP contribution in [0.5, 0.6) is 11.5 Å². The molecule has 2 aromatic rings. The van der Waals surface area contributed by atoms with Crippen LogP contribution in [0.25, 0.3) is 0 Å². The van der Waals surface area contributed by atoms with Crippen LogP contribution in [0.1, 0.15) is 25.8 Å². The number of amides is 1. The molecule has 1 N–H and O–H groups in total. The fourth-order valence-electron chi connectivity index (χ4n) is 2.27. The van der Waals surface area contributed by atoms with Gasteiger partial charge in [0.25, 0.3) is 0 Å². The second-order valence-electron chi connectivity index (χ2n) is 5.20. The van der Waals surface area contributed by atoms with Crippen LogP contribution in [0.15, 0.2) is 42.5 Å². The molecule has 0 atom stereocenters. The van der Waals surface area contributed by atoms with Crippen LogP contribution in [0.4, 0.5) is 5.69 Å². The van der Waals surface area contributed by atoms with Gasteiger partial charge in [0.2, 0.25) is 5.91 Å². The molecule has 0 aliphatic rings. The third-order valence-electron chi connectivity index (χ3n) is 3.38. The SMILES string of the molecule is CCOc1ccc(CCC(=O)Nc2ccc(I)cc2)cc1OCC. The minimum absolute atomic E-state index is 0.00283. The number of hydrogen-bond acceptors (Lipinski definition) is 3. The highest BCUT2D eigenvalue weighted by Crippen LogP contribution is 2.29. The van der Waals surface area contributed by atoms with Gasteiger partial charge in [-0.1, -0.05) is 6.07 Å². The molecule has 0 aliphatic carbocycles. The zero-order valence-corrected chi connectivity index (χ0v) is 16.1. The van der Waals surface area contributed by atoms with Crippen LogP contribution in [-0.4, -0.2) is 19.1 Å². The highest BCUT2D eigenvalue weighted by atomic mass is 127. The normalized spacial score (nSPS) is 10.3. The average Bonchev–Trinajstić information content (AvgIpc) is 2.57. The molecule has 24 heavy (non-hydrogen) atoms. The maximum atomic E-state index is 12.1. The van der Waals surface area contributed by atoms with E-state index in [0.29, 0.717) is 26.1 Å². The van der Waals surface area contributed by atoms with E-state index in [1.807, 2.05) is 56.3 Å². The molecule has 0 spiro atoms. The van der Waals surface area contributed by atoms with E-state index in [2.05, 4.69) is 27.9 Å². The lowest BCUT2D eigenvalue weighted by Gasteiger charge is -2.12.